The van der Waals surface area contributed by atoms with E-state index in [4.69, 9.17) is 14.8 Å². The number of carbonyl (C=O) groups is 1. The Bertz CT molecular complexity index is 589. The molecule has 0 aliphatic carbocycles. The van der Waals surface area contributed by atoms with Crippen LogP contribution in [0.15, 0.2) is 29.8 Å². The highest BCUT2D eigenvalue weighted by molar-refractivity contribution is 6.74. The van der Waals surface area contributed by atoms with Crippen molar-refractivity contribution < 1.29 is 14.3 Å². The molecule has 0 radical (unpaired) electrons. The Balaban J connectivity index is 2.95. The minimum Gasteiger partial charge on any atom is -0.544 e. The van der Waals surface area contributed by atoms with Gasteiger partial charge in [0.25, 0.3) is 0 Å². The van der Waals surface area contributed by atoms with Crippen LogP contribution in [0.25, 0.3) is 6.08 Å². The monoisotopic (exact) mass is 303 g/mol. The van der Waals surface area contributed by atoms with E-state index in [0.717, 1.165) is 5.75 Å². The molecule has 0 heterocycles. The Morgan fingerprint density at radius 3 is 2.19 bits per heavy atom. The Morgan fingerprint density at radius 1 is 1.29 bits per heavy atom. The third-order valence-corrected chi connectivity index (χ3v) is 8.08. The molecule has 1 aromatic rings. The number of carboxylic acid groups (broad SMARTS) is 1. The number of carboxylic acids is 1. The molecule has 0 bridgehead atoms. The van der Waals surface area contributed by atoms with E-state index in [-0.39, 0.29) is 10.6 Å². The zero-order chi connectivity index (χ0) is 16.3. The minimum atomic E-state index is -1.88. The average Bonchev–Trinajstić information content (AvgIpc) is 2.35. The van der Waals surface area contributed by atoms with Crippen LogP contribution in [0.5, 0.6) is 5.75 Å². The highest BCUT2D eigenvalue weighted by Crippen LogP contribution is 2.37. The van der Waals surface area contributed by atoms with Crippen molar-refractivity contribution >= 4 is 20.4 Å². The molecule has 0 aromatic heterocycles. The van der Waals surface area contributed by atoms with Crippen molar-refractivity contribution in [3.63, 3.8) is 0 Å². The number of rotatable bonds is 4. The van der Waals surface area contributed by atoms with Crippen molar-refractivity contribution in [3.05, 3.63) is 35.4 Å². The van der Waals surface area contributed by atoms with Gasteiger partial charge in [0.15, 0.2) is 0 Å². The Hall–Kier alpha value is -2.06. The van der Waals surface area contributed by atoms with Gasteiger partial charge in [0, 0.05) is 0 Å². The molecule has 21 heavy (non-hydrogen) atoms. The quantitative estimate of drug-likeness (QED) is 0.517. The van der Waals surface area contributed by atoms with E-state index in [0.29, 0.717) is 5.56 Å². The summed E-state index contributed by atoms with van der Waals surface area (Å²) in [6.45, 7) is 10.8. The van der Waals surface area contributed by atoms with Gasteiger partial charge in [-0.3, -0.25) is 0 Å². The van der Waals surface area contributed by atoms with E-state index in [2.05, 4.69) is 33.9 Å². The summed E-state index contributed by atoms with van der Waals surface area (Å²) >= 11 is 0. The summed E-state index contributed by atoms with van der Waals surface area (Å²) in [6.07, 6.45) is 1.35. The largest absolute Gasteiger partial charge is 0.544 e. The molecular weight excluding hydrogens is 282 g/mol. The third kappa shape index (κ3) is 4.47. The molecular formula is C16H21NO3Si. The van der Waals surface area contributed by atoms with E-state index in [1.807, 2.05) is 12.1 Å². The van der Waals surface area contributed by atoms with Crippen molar-refractivity contribution in [3.8, 4) is 11.8 Å². The molecule has 0 saturated carbocycles. The van der Waals surface area contributed by atoms with Crippen LogP contribution in [0.1, 0.15) is 26.3 Å². The Labute approximate surface area is 126 Å². The second-order valence-electron chi connectivity index (χ2n) is 6.41. The molecule has 0 spiro atoms. The predicted octanol–water partition coefficient (Wildman–Crippen LogP) is 4.06. The predicted molar refractivity (Wildman–Crippen MR) is 85.5 cm³/mol. The van der Waals surface area contributed by atoms with Crippen molar-refractivity contribution in [2.24, 2.45) is 0 Å². The van der Waals surface area contributed by atoms with E-state index in [1.54, 1.807) is 18.2 Å². The van der Waals surface area contributed by atoms with E-state index >= 15 is 0 Å². The molecule has 1 rings (SSSR count). The van der Waals surface area contributed by atoms with Gasteiger partial charge in [-0.15, -0.1) is 0 Å². The first-order chi connectivity index (χ1) is 9.56. The van der Waals surface area contributed by atoms with Crippen LogP contribution in [-0.4, -0.2) is 19.4 Å². The van der Waals surface area contributed by atoms with Crippen molar-refractivity contribution in [2.45, 2.75) is 38.9 Å². The van der Waals surface area contributed by atoms with Gasteiger partial charge in [0.05, 0.1) is 0 Å². The van der Waals surface area contributed by atoms with Crippen molar-refractivity contribution in [2.75, 3.05) is 0 Å². The molecule has 0 atom stereocenters. The highest BCUT2D eigenvalue weighted by Gasteiger charge is 2.38. The van der Waals surface area contributed by atoms with Crippen LogP contribution in [0, 0.1) is 11.3 Å². The summed E-state index contributed by atoms with van der Waals surface area (Å²) in [7, 11) is -1.88. The number of aliphatic carboxylic acids is 1. The SMILES string of the molecule is CC(C)(C)[Si](C)(C)Oc1ccc(/C=C(\C#N)C(=O)O)cc1. The smallest absolute Gasteiger partial charge is 0.346 e. The summed E-state index contributed by atoms with van der Waals surface area (Å²) in [5, 5.41) is 17.7. The first-order valence-corrected chi connectivity index (χ1v) is 9.62. The molecule has 5 heteroatoms. The topological polar surface area (TPSA) is 70.3 Å². The van der Waals surface area contributed by atoms with Gasteiger partial charge in [-0.1, -0.05) is 32.9 Å². The second kappa shape index (κ2) is 6.14. The van der Waals surface area contributed by atoms with E-state index in [1.165, 1.54) is 6.08 Å². The fourth-order valence-electron chi connectivity index (χ4n) is 1.39. The van der Waals surface area contributed by atoms with Gasteiger partial charge in [0.1, 0.15) is 17.4 Å². The highest BCUT2D eigenvalue weighted by atomic mass is 28.4. The maximum atomic E-state index is 10.8. The molecule has 0 saturated heterocycles. The van der Waals surface area contributed by atoms with Gasteiger partial charge in [-0.05, 0) is 41.9 Å². The van der Waals surface area contributed by atoms with Crippen LogP contribution < -0.4 is 4.43 Å². The summed E-state index contributed by atoms with van der Waals surface area (Å²) in [6, 6.07) is 8.78. The van der Waals surface area contributed by atoms with Crippen molar-refractivity contribution in [1.29, 1.82) is 5.26 Å². The molecule has 1 N–H and O–H groups in total. The van der Waals surface area contributed by atoms with Gasteiger partial charge >= 0.3 is 5.97 Å². The molecule has 0 aliphatic rings. The lowest BCUT2D eigenvalue weighted by Gasteiger charge is -2.36. The van der Waals surface area contributed by atoms with E-state index < -0.39 is 14.3 Å². The number of nitrogens with zero attached hydrogens (tertiary/aromatic N) is 1. The van der Waals surface area contributed by atoms with Gasteiger partial charge < -0.3 is 9.53 Å². The number of hydrogen-bond donors (Lipinski definition) is 1. The van der Waals surface area contributed by atoms with Gasteiger partial charge in [-0.25, -0.2) is 4.79 Å². The molecule has 112 valence electrons. The fourth-order valence-corrected chi connectivity index (χ4v) is 2.42. The van der Waals surface area contributed by atoms with Crippen LogP contribution in [0.4, 0.5) is 0 Å². The normalized spacial score (nSPS) is 12.7. The summed E-state index contributed by atoms with van der Waals surface area (Å²) < 4.78 is 6.14. The summed E-state index contributed by atoms with van der Waals surface area (Å²) in [5.41, 5.74) is 0.379. The fraction of sp³-hybridized carbons (Fsp3) is 0.375. The minimum absolute atomic E-state index is 0.114. The lowest BCUT2D eigenvalue weighted by molar-refractivity contribution is -0.132. The summed E-state index contributed by atoms with van der Waals surface area (Å²) in [5.74, 6) is -0.452. The Morgan fingerprint density at radius 2 is 1.81 bits per heavy atom. The van der Waals surface area contributed by atoms with Crippen LogP contribution in [0.3, 0.4) is 0 Å². The van der Waals surface area contributed by atoms with Crippen LogP contribution in [-0.2, 0) is 4.79 Å². The zero-order valence-corrected chi connectivity index (χ0v) is 14.1. The third-order valence-electron chi connectivity index (χ3n) is 3.72. The first-order valence-electron chi connectivity index (χ1n) is 6.71. The maximum absolute atomic E-state index is 10.8. The average molecular weight is 303 g/mol. The molecule has 1 aromatic carbocycles. The maximum Gasteiger partial charge on any atom is 0.346 e. The summed E-state index contributed by atoms with van der Waals surface area (Å²) in [4.78, 5) is 10.8. The number of hydrogen-bond acceptors (Lipinski definition) is 3. The van der Waals surface area contributed by atoms with Crippen LogP contribution >= 0.6 is 0 Å². The Kier molecular flexibility index (Phi) is 4.97. The standard InChI is InChI=1S/C16H21NO3Si/c1-16(2,3)21(4,5)20-14-8-6-12(7-9-14)10-13(11-17)15(18)19/h6-10H,1-5H3,(H,18,19)/b13-10+. The van der Waals surface area contributed by atoms with E-state index in [9.17, 15) is 4.79 Å². The van der Waals surface area contributed by atoms with Crippen LogP contribution in [0.2, 0.25) is 18.1 Å². The van der Waals surface area contributed by atoms with Gasteiger partial charge in [-0.2, -0.15) is 5.26 Å². The zero-order valence-electron chi connectivity index (χ0n) is 13.1. The lowest BCUT2D eigenvalue weighted by atomic mass is 10.1. The molecule has 0 unspecified atom stereocenters. The van der Waals surface area contributed by atoms with Gasteiger partial charge in [0.2, 0.25) is 8.32 Å². The number of nitriles is 1. The molecule has 0 fully saturated rings. The second-order valence-corrected chi connectivity index (χ2v) is 11.1. The number of benzene rings is 1. The first kappa shape index (κ1) is 17.0. The molecule has 4 nitrogen and oxygen atoms in total. The lowest BCUT2D eigenvalue weighted by Crippen LogP contribution is -2.43. The molecule has 0 aliphatic heterocycles. The van der Waals surface area contributed by atoms with Crippen molar-refractivity contribution in [1.82, 2.24) is 0 Å². The molecule has 0 amide bonds.